The molecule has 0 aromatic rings. The predicted octanol–water partition coefficient (Wildman–Crippen LogP) is 21.0. The number of esters is 3. The fourth-order valence-corrected chi connectivity index (χ4v) is 8.06. The van der Waals surface area contributed by atoms with Crippen molar-refractivity contribution in [2.75, 3.05) is 13.2 Å². The number of ether oxygens (including phenoxy) is 3. The topological polar surface area (TPSA) is 78.9 Å². The molecule has 0 amide bonds. The maximum atomic E-state index is 12.9. The first-order valence-corrected chi connectivity index (χ1v) is 30.7. The van der Waals surface area contributed by atoms with Gasteiger partial charge in [-0.15, -0.1) is 0 Å². The highest BCUT2D eigenvalue weighted by atomic mass is 16.6. The van der Waals surface area contributed by atoms with Crippen LogP contribution in [0.3, 0.4) is 0 Å². The third kappa shape index (κ3) is 60.3. The Labute approximate surface area is 462 Å². The highest BCUT2D eigenvalue weighted by Crippen LogP contribution is 2.14. The second-order valence-corrected chi connectivity index (χ2v) is 19.8. The standard InChI is InChI=1S/C69H112O6/c1-4-7-10-13-16-19-22-24-26-28-30-32-34-36-38-40-42-44-47-50-53-56-59-62-68(71)74-65-66(64-73-67(70)61-58-55-52-49-46-21-18-15-12-9-6-3)75-69(72)63-60-57-54-51-48-45-43-41-39-37-35-33-31-29-27-25-23-20-17-14-11-8-5-2/h7-8,10-11,15-20,24-27,30-33,36-39,66H,4-6,9,12-14,21-23,28-29,34-35,40-65H2,1-3H3/b10-7-,11-8-,18-15-,19-16-,20-17-,26-24-,27-25-,32-30-,33-31-,38-36-,39-37-. The van der Waals surface area contributed by atoms with Crippen molar-refractivity contribution in [3.8, 4) is 0 Å². The molecule has 0 aliphatic rings. The summed E-state index contributed by atoms with van der Waals surface area (Å²) < 4.78 is 16.9. The molecule has 0 spiro atoms. The van der Waals surface area contributed by atoms with Crippen LogP contribution in [0.25, 0.3) is 0 Å². The van der Waals surface area contributed by atoms with Crippen LogP contribution in [0.1, 0.15) is 265 Å². The van der Waals surface area contributed by atoms with E-state index in [1.807, 2.05) is 0 Å². The Bertz CT molecular complexity index is 1620. The van der Waals surface area contributed by atoms with Gasteiger partial charge < -0.3 is 14.2 Å². The van der Waals surface area contributed by atoms with E-state index in [2.05, 4.69) is 154 Å². The zero-order valence-electron chi connectivity index (χ0n) is 48.5. The van der Waals surface area contributed by atoms with Crippen molar-refractivity contribution >= 4 is 17.9 Å². The van der Waals surface area contributed by atoms with Crippen LogP contribution in [0, 0.1) is 0 Å². The van der Waals surface area contributed by atoms with Crippen molar-refractivity contribution in [1.29, 1.82) is 0 Å². The van der Waals surface area contributed by atoms with Crippen LogP contribution in [0.2, 0.25) is 0 Å². The van der Waals surface area contributed by atoms with E-state index in [0.717, 1.165) is 154 Å². The Balaban J connectivity index is 4.38. The van der Waals surface area contributed by atoms with Crippen molar-refractivity contribution in [2.45, 2.75) is 271 Å². The highest BCUT2D eigenvalue weighted by Gasteiger charge is 2.19. The van der Waals surface area contributed by atoms with Gasteiger partial charge in [-0.05, 0) is 128 Å². The molecular formula is C69H112O6. The van der Waals surface area contributed by atoms with E-state index in [1.54, 1.807) is 0 Å². The van der Waals surface area contributed by atoms with Crippen LogP contribution in [0.5, 0.6) is 0 Å². The summed E-state index contributed by atoms with van der Waals surface area (Å²) in [6, 6.07) is 0. The lowest BCUT2D eigenvalue weighted by molar-refractivity contribution is -0.167. The number of rotatable bonds is 54. The summed E-state index contributed by atoms with van der Waals surface area (Å²) in [7, 11) is 0. The van der Waals surface area contributed by atoms with E-state index in [-0.39, 0.29) is 31.1 Å². The fraction of sp³-hybridized carbons (Fsp3) is 0.638. The molecule has 0 radical (unpaired) electrons. The largest absolute Gasteiger partial charge is 0.462 e. The third-order valence-corrected chi connectivity index (χ3v) is 12.6. The summed E-state index contributed by atoms with van der Waals surface area (Å²) >= 11 is 0. The van der Waals surface area contributed by atoms with Gasteiger partial charge in [0, 0.05) is 19.3 Å². The van der Waals surface area contributed by atoms with E-state index >= 15 is 0 Å². The Hall–Kier alpha value is -4.45. The van der Waals surface area contributed by atoms with Gasteiger partial charge >= 0.3 is 17.9 Å². The molecule has 75 heavy (non-hydrogen) atoms. The van der Waals surface area contributed by atoms with Gasteiger partial charge in [0.15, 0.2) is 6.10 Å². The molecule has 6 nitrogen and oxygen atoms in total. The van der Waals surface area contributed by atoms with Crippen molar-refractivity contribution in [2.24, 2.45) is 0 Å². The zero-order chi connectivity index (χ0) is 54.3. The van der Waals surface area contributed by atoms with Crippen LogP contribution in [0.15, 0.2) is 134 Å². The fourth-order valence-electron chi connectivity index (χ4n) is 8.06. The van der Waals surface area contributed by atoms with Gasteiger partial charge in [-0.25, -0.2) is 0 Å². The maximum absolute atomic E-state index is 12.9. The number of allylic oxidation sites excluding steroid dienone is 22. The van der Waals surface area contributed by atoms with Crippen molar-refractivity contribution in [3.63, 3.8) is 0 Å². The lowest BCUT2D eigenvalue weighted by atomic mass is 10.1. The molecule has 0 N–H and O–H groups in total. The van der Waals surface area contributed by atoms with Gasteiger partial charge in [0.05, 0.1) is 0 Å². The molecule has 0 heterocycles. The lowest BCUT2D eigenvalue weighted by Crippen LogP contribution is -2.30. The Morgan fingerprint density at radius 2 is 0.520 bits per heavy atom. The SMILES string of the molecule is CC/C=C\C/C=C\C/C=C\C/C=C\C/C=C\CCCCCCCCCC(=O)OCC(COC(=O)CCCCCCC/C=C\CCCC)OC(=O)CCCCCCCCC/C=C\C/C=C\C/C=C\C/C=C\C/C=C\CC. The molecule has 0 aliphatic carbocycles. The summed E-state index contributed by atoms with van der Waals surface area (Å²) in [6.07, 6.45) is 87.3. The van der Waals surface area contributed by atoms with Crippen LogP contribution < -0.4 is 0 Å². The van der Waals surface area contributed by atoms with Crippen LogP contribution in [-0.4, -0.2) is 37.2 Å². The molecule has 1 atom stereocenters. The normalized spacial score (nSPS) is 13.1. The molecule has 424 valence electrons. The molecule has 0 fully saturated rings. The number of hydrogen-bond donors (Lipinski definition) is 0. The molecule has 1 unspecified atom stereocenters. The van der Waals surface area contributed by atoms with Crippen molar-refractivity contribution < 1.29 is 28.6 Å². The first kappa shape index (κ1) is 70.5. The first-order valence-electron chi connectivity index (χ1n) is 30.7. The van der Waals surface area contributed by atoms with Gasteiger partial charge in [-0.1, -0.05) is 251 Å². The average molecular weight is 1040 g/mol. The zero-order valence-corrected chi connectivity index (χ0v) is 48.5. The Kier molecular flexibility index (Phi) is 58.4. The monoisotopic (exact) mass is 1040 g/mol. The molecule has 0 saturated carbocycles. The maximum Gasteiger partial charge on any atom is 0.306 e. The van der Waals surface area contributed by atoms with E-state index in [0.29, 0.717) is 19.3 Å². The number of carbonyl (C=O) groups excluding carboxylic acids is 3. The van der Waals surface area contributed by atoms with E-state index in [1.165, 1.54) is 70.6 Å². The molecule has 6 heteroatoms. The lowest BCUT2D eigenvalue weighted by Gasteiger charge is -2.18. The van der Waals surface area contributed by atoms with E-state index < -0.39 is 6.10 Å². The van der Waals surface area contributed by atoms with Crippen LogP contribution >= 0.6 is 0 Å². The summed E-state index contributed by atoms with van der Waals surface area (Å²) in [5.74, 6) is -0.927. The predicted molar refractivity (Wildman–Crippen MR) is 325 cm³/mol. The second-order valence-electron chi connectivity index (χ2n) is 19.8. The molecule has 0 aromatic carbocycles. The quantitative estimate of drug-likeness (QED) is 0.0261. The third-order valence-electron chi connectivity index (χ3n) is 12.6. The molecule has 0 rings (SSSR count). The minimum atomic E-state index is -0.798. The summed E-state index contributed by atoms with van der Waals surface area (Å²) in [4.78, 5) is 38.2. The van der Waals surface area contributed by atoms with Crippen molar-refractivity contribution in [1.82, 2.24) is 0 Å². The molecule has 0 aromatic heterocycles. The summed E-state index contributed by atoms with van der Waals surface area (Å²) in [6.45, 7) is 6.35. The molecule has 0 saturated heterocycles. The van der Waals surface area contributed by atoms with Crippen LogP contribution in [-0.2, 0) is 28.6 Å². The minimum Gasteiger partial charge on any atom is -0.462 e. The molecular weight excluding hydrogens is 925 g/mol. The van der Waals surface area contributed by atoms with Gasteiger partial charge in [-0.3, -0.25) is 14.4 Å². The van der Waals surface area contributed by atoms with Gasteiger partial charge in [0.2, 0.25) is 0 Å². The number of carbonyl (C=O) groups is 3. The summed E-state index contributed by atoms with van der Waals surface area (Å²) in [5, 5.41) is 0. The Morgan fingerprint density at radius 1 is 0.280 bits per heavy atom. The Morgan fingerprint density at radius 3 is 0.827 bits per heavy atom. The van der Waals surface area contributed by atoms with Gasteiger partial charge in [0.1, 0.15) is 13.2 Å². The van der Waals surface area contributed by atoms with E-state index in [4.69, 9.17) is 14.2 Å². The first-order chi connectivity index (χ1) is 37.0. The van der Waals surface area contributed by atoms with E-state index in [9.17, 15) is 14.4 Å². The number of unbranched alkanes of at least 4 members (excludes halogenated alkanes) is 21. The minimum absolute atomic E-state index is 0.0943. The van der Waals surface area contributed by atoms with Crippen molar-refractivity contribution in [3.05, 3.63) is 134 Å². The smallest absolute Gasteiger partial charge is 0.306 e. The highest BCUT2D eigenvalue weighted by molar-refractivity contribution is 5.71. The number of hydrogen-bond acceptors (Lipinski definition) is 6. The summed E-state index contributed by atoms with van der Waals surface area (Å²) in [5.41, 5.74) is 0. The second kappa shape index (κ2) is 62.1. The molecule has 0 aliphatic heterocycles. The average Bonchev–Trinajstić information content (AvgIpc) is 3.41. The van der Waals surface area contributed by atoms with Gasteiger partial charge in [-0.2, -0.15) is 0 Å². The van der Waals surface area contributed by atoms with Gasteiger partial charge in [0.25, 0.3) is 0 Å². The molecule has 0 bridgehead atoms. The van der Waals surface area contributed by atoms with Crippen LogP contribution in [0.4, 0.5) is 0 Å².